The third kappa shape index (κ3) is 2.69. The maximum atomic E-state index is 11.4. The molecule has 108 valence electrons. The molecular weight excluding hydrogens is 262 g/mol. The molecule has 1 aromatic heterocycles. The Morgan fingerprint density at radius 3 is 2.75 bits per heavy atom. The number of amides is 1. The van der Waals surface area contributed by atoms with E-state index in [1.807, 2.05) is 6.92 Å². The first kappa shape index (κ1) is 14.2. The first-order valence-corrected chi connectivity index (χ1v) is 6.30. The van der Waals surface area contributed by atoms with Gasteiger partial charge in [0.05, 0.1) is 16.0 Å². The molecule has 0 spiro atoms. The average molecular weight is 279 g/mol. The van der Waals surface area contributed by atoms with Crippen LogP contribution in [0.4, 0.5) is 11.5 Å². The maximum Gasteiger partial charge on any atom is 0.288 e. The van der Waals surface area contributed by atoms with Crippen LogP contribution >= 0.6 is 0 Å². The Morgan fingerprint density at radius 1 is 1.65 bits per heavy atom. The predicted molar refractivity (Wildman–Crippen MR) is 73.2 cm³/mol. The summed E-state index contributed by atoms with van der Waals surface area (Å²) in [6, 6.07) is 1.13. The van der Waals surface area contributed by atoms with Crippen molar-refractivity contribution in [2.24, 2.45) is 17.4 Å². The van der Waals surface area contributed by atoms with Gasteiger partial charge in [-0.05, 0) is 25.7 Å². The van der Waals surface area contributed by atoms with Crippen molar-refractivity contribution in [2.45, 2.75) is 25.3 Å². The van der Waals surface area contributed by atoms with Crippen molar-refractivity contribution in [3.05, 3.63) is 27.9 Å². The SMILES string of the molecule is CC(CN)(Nc1ncc([N+](=O)[O-])cc1C(N)=O)C1CC1. The number of hydrogen-bond donors (Lipinski definition) is 3. The minimum Gasteiger partial charge on any atom is -0.365 e. The lowest BCUT2D eigenvalue weighted by molar-refractivity contribution is -0.385. The van der Waals surface area contributed by atoms with Crippen LogP contribution in [0.3, 0.4) is 0 Å². The van der Waals surface area contributed by atoms with Crippen LogP contribution in [0, 0.1) is 16.0 Å². The third-order valence-electron chi connectivity index (χ3n) is 3.66. The standard InChI is InChI=1S/C12H17N5O3/c1-12(6-13,7-2-3-7)16-11-9(10(14)18)4-8(5-15-11)17(19)20/h4-5,7H,2-3,6,13H2,1H3,(H2,14,18)(H,15,16). The fourth-order valence-electron chi connectivity index (χ4n) is 2.15. The summed E-state index contributed by atoms with van der Waals surface area (Å²) in [6.45, 7) is 2.31. The zero-order chi connectivity index (χ0) is 14.9. The summed E-state index contributed by atoms with van der Waals surface area (Å²) in [6.07, 6.45) is 3.21. The summed E-state index contributed by atoms with van der Waals surface area (Å²) in [5, 5.41) is 13.8. The number of nitrogens with two attached hydrogens (primary N) is 2. The Morgan fingerprint density at radius 2 is 2.30 bits per heavy atom. The lowest BCUT2D eigenvalue weighted by Crippen LogP contribution is -2.45. The highest BCUT2D eigenvalue weighted by molar-refractivity contribution is 5.98. The Hall–Kier alpha value is -2.22. The molecule has 1 atom stereocenters. The zero-order valence-corrected chi connectivity index (χ0v) is 11.1. The molecule has 8 heteroatoms. The molecule has 1 fully saturated rings. The van der Waals surface area contributed by atoms with Gasteiger partial charge < -0.3 is 16.8 Å². The van der Waals surface area contributed by atoms with Gasteiger partial charge in [-0.25, -0.2) is 4.98 Å². The number of carbonyl (C=O) groups excluding carboxylic acids is 1. The van der Waals surface area contributed by atoms with E-state index in [0.29, 0.717) is 12.5 Å². The van der Waals surface area contributed by atoms with Gasteiger partial charge >= 0.3 is 0 Å². The van der Waals surface area contributed by atoms with Gasteiger partial charge in [0.2, 0.25) is 0 Å². The number of rotatable bonds is 6. The average Bonchev–Trinajstić information content (AvgIpc) is 3.23. The number of nitrogens with zero attached hydrogens (tertiary/aromatic N) is 2. The Kier molecular flexibility index (Phi) is 3.58. The molecule has 1 unspecified atom stereocenters. The highest BCUT2D eigenvalue weighted by atomic mass is 16.6. The Labute approximate surface area is 115 Å². The van der Waals surface area contributed by atoms with Crippen molar-refractivity contribution in [1.82, 2.24) is 4.98 Å². The van der Waals surface area contributed by atoms with Gasteiger partial charge in [0, 0.05) is 12.6 Å². The van der Waals surface area contributed by atoms with E-state index in [2.05, 4.69) is 10.3 Å². The van der Waals surface area contributed by atoms with Crippen LogP contribution in [-0.4, -0.2) is 27.9 Å². The van der Waals surface area contributed by atoms with Gasteiger partial charge in [0.25, 0.3) is 11.6 Å². The normalized spacial score (nSPS) is 17.3. The van der Waals surface area contributed by atoms with Gasteiger partial charge in [-0.15, -0.1) is 0 Å². The van der Waals surface area contributed by atoms with Crippen molar-refractivity contribution in [1.29, 1.82) is 0 Å². The molecule has 20 heavy (non-hydrogen) atoms. The number of aromatic nitrogens is 1. The first-order valence-electron chi connectivity index (χ1n) is 6.30. The number of anilines is 1. The van der Waals surface area contributed by atoms with Gasteiger partial charge in [0.1, 0.15) is 12.0 Å². The zero-order valence-electron chi connectivity index (χ0n) is 11.1. The molecule has 0 aromatic carbocycles. The molecule has 1 aliphatic carbocycles. The van der Waals surface area contributed by atoms with Gasteiger partial charge in [-0.2, -0.15) is 0 Å². The molecule has 0 saturated heterocycles. The molecule has 1 amide bonds. The second kappa shape index (κ2) is 5.04. The van der Waals surface area contributed by atoms with E-state index in [0.717, 1.165) is 25.1 Å². The number of primary amides is 1. The van der Waals surface area contributed by atoms with Crippen LogP contribution in [-0.2, 0) is 0 Å². The minimum absolute atomic E-state index is 0.000440. The summed E-state index contributed by atoms with van der Waals surface area (Å²) in [5.41, 5.74) is 10.4. The van der Waals surface area contributed by atoms with Gasteiger partial charge in [0.15, 0.2) is 0 Å². The summed E-state index contributed by atoms with van der Waals surface area (Å²) in [4.78, 5) is 25.5. The van der Waals surface area contributed by atoms with Gasteiger partial charge in [-0.3, -0.25) is 14.9 Å². The molecule has 5 N–H and O–H groups in total. The van der Waals surface area contributed by atoms with E-state index in [1.165, 1.54) is 0 Å². The van der Waals surface area contributed by atoms with Crippen molar-refractivity contribution >= 4 is 17.4 Å². The van der Waals surface area contributed by atoms with Crippen LogP contribution in [0.1, 0.15) is 30.1 Å². The second-order valence-electron chi connectivity index (χ2n) is 5.23. The largest absolute Gasteiger partial charge is 0.365 e. The molecule has 1 heterocycles. The van der Waals surface area contributed by atoms with E-state index in [-0.39, 0.29) is 17.1 Å². The summed E-state index contributed by atoms with van der Waals surface area (Å²) in [5.74, 6) is -0.118. The quantitative estimate of drug-likeness (QED) is 0.515. The van der Waals surface area contributed by atoms with Crippen molar-refractivity contribution in [3.63, 3.8) is 0 Å². The monoisotopic (exact) mass is 279 g/mol. The first-order chi connectivity index (χ1) is 9.37. The lowest BCUT2D eigenvalue weighted by atomic mass is 9.95. The second-order valence-corrected chi connectivity index (χ2v) is 5.23. The van der Waals surface area contributed by atoms with E-state index in [9.17, 15) is 14.9 Å². The summed E-state index contributed by atoms with van der Waals surface area (Å²) < 4.78 is 0. The lowest BCUT2D eigenvalue weighted by Gasteiger charge is -2.30. The molecule has 1 aromatic rings. The maximum absolute atomic E-state index is 11.4. The number of nitrogens with one attached hydrogen (secondary N) is 1. The number of pyridine rings is 1. The number of carbonyl (C=O) groups is 1. The molecule has 1 aliphatic rings. The van der Waals surface area contributed by atoms with E-state index < -0.39 is 16.4 Å². The fourth-order valence-corrected chi connectivity index (χ4v) is 2.15. The molecule has 1 saturated carbocycles. The number of hydrogen-bond acceptors (Lipinski definition) is 6. The van der Waals surface area contributed by atoms with Crippen molar-refractivity contribution < 1.29 is 9.72 Å². The molecule has 0 aliphatic heterocycles. The minimum atomic E-state index is -0.765. The highest BCUT2D eigenvalue weighted by Gasteiger charge is 2.41. The third-order valence-corrected chi connectivity index (χ3v) is 3.66. The van der Waals surface area contributed by atoms with Crippen LogP contribution < -0.4 is 16.8 Å². The van der Waals surface area contributed by atoms with Crippen molar-refractivity contribution in [2.75, 3.05) is 11.9 Å². The smallest absolute Gasteiger partial charge is 0.288 e. The van der Waals surface area contributed by atoms with E-state index in [1.54, 1.807) is 0 Å². The van der Waals surface area contributed by atoms with Crippen LogP contribution in [0.2, 0.25) is 0 Å². The van der Waals surface area contributed by atoms with E-state index >= 15 is 0 Å². The Bertz CT molecular complexity index is 558. The summed E-state index contributed by atoms with van der Waals surface area (Å²) in [7, 11) is 0. The number of nitro groups is 1. The van der Waals surface area contributed by atoms with Gasteiger partial charge in [-0.1, -0.05) is 0 Å². The molecule has 0 radical (unpaired) electrons. The fraction of sp³-hybridized carbons (Fsp3) is 0.500. The molecule has 8 nitrogen and oxygen atoms in total. The van der Waals surface area contributed by atoms with Crippen LogP contribution in [0.25, 0.3) is 0 Å². The molecule has 2 rings (SSSR count). The van der Waals surface area contributed by atoms with E-state index in [4.69, 9.17) is 11.5 Å². The van der Waals surface area contributed by atoms with Crippen molar-refractivity contribution in [3.8, 4) is 0 Å². The molecular formula is C12H17N5O3. The topological polar surface area (TPSA) is 137 Å². The molecule has 0 bridgehead atoms. The Balaban J connectivity index is 2.35. The summed E-state index contributed by atoms with van der Waals surface area (Å²) >= 11 is 0. The highest BCUT2D eigenvalue weighted by Crippen LogP contribution is 2.41. The van der Waals surface area contributed by atoms with Crippen LogP contribution in [0.15, 0.2) is 12.3 Å². The van der Waals surface area contributed by atoms with Crippen LogP contribution in [0.5, 0.6) is 0 Å². The predicted octanol–water partition coefficient (Wildman–Crippen LogP) is 0.628.